The molecular formula is C21H35NO4. The summed E-state index contributed by atoms with van der Waals surface area (Å²) in [5.41, 5.74) is 1.33. The number of nitrogens with zero attached hydrogens (tertiary/aromatic N) is 1. The minimum absolute atomic E-state index is 0.0609. The first-order valence-electron chi connectivity index (χ1n) is 9.60. The number of allylic oxidation sites excluding steroid dienone is 2. The van der Waals surface area contributed by atoms with E-state index in [0.717, 1.165) is 19.3 Å². The van der Waals surface area contributed by atoms with Gasteiger partial charge in [-0.25, -0.2) is 9.69 Å². The van der Waals surface area contributed by atoms with Gasteiger partial charge in [0.25, 0.3) is 5.91 Å². The van der Waals surface area contributed by atoms with Crippen molar-refractivity contribution in [2.24, 2.45) is 11.8 Å². The summed E-state index contributed by atoms with van der Waals surface area (Å²) in [6, 6.07) is -0.209. The van der Waals surface area contributed by atoms with E-state index in [4.69, 9.17) is 9.47 Å². The quantitative estimate of drug-likeness (QED) is 0.497. The fourth-order valence-electron chi connectivity index (χ4n) is 3.11. The topological polar surface area (TPSA) is 55.8 Å². The predicted octanol–water partition coefficient (Wildman–Crippen LogP) is 4.72. The molecule has 5 heteroatoms. The van der Waals surface area contributed by atoms with Crippen LogP contribution in [0.15, 0.2) is 24.3 Å². The maximum Gasteiger partial charge on any atom is 0.417 e. The molecule has 1 aliphatic heterocycles. The van der Waals surface area contributed by atoms with Crippen molar-refractivity contribution in [3.05, 3.63) is 24.3 Å². The Labute approximate surface area is 158 Å². The molecule has 0 spiro atoms. The Morgan fingerprint density at radius 2 is 2.08 bits per heavy atom. The SMILES string of the molecule is C=CC[C@@H](C[C@@H](C)CCC=C(C)C)OCC(=O)N1C(=O)OC[C@@H]1C(C)C. The van der Waals surface area contributed by atoms with Crippen LogP contribution < -0.4 is 0 Å². The molecule has 0 aromatic heterocycles. The summed E-state index contributed by atoms with van der Waals surface area (Å²) in [5, 5.41) is 0. The molecule has 1 aliphatic rings. The number of cyclic esters (lactones) is 1. The summed E-state index contributed by atoms with van der Waals surface area (Å²) in [7, 11) is 0. The van der Waals surface area contributed by atoms with Gasteiger partial charge >= 0.3 is 6.09 Å². The van der Waals surface area contributed by atoms with Gasteiger partial charge in [0.05, 0.1) is 12.1 Å². The number of imide groups is 1. The Balaban J connectivity index is 2.53. The standard InChI is InChI=1S/C21H35NO4/c1-7-9-18(12-17(6)11-8-10-15(2)3)25-14-20(23)22-19(16(4)5)13-26-21(22)24/h7,10,16-19H,1,8-9,11-14H2,2-6H3/t17-,18-,19+/m0/s1. The number of ether oxygens (including phenoxy) is 2. The van der Waals surface area contributed by atoms with E-state index in [0.29, 0.717) is 12.3 Å². The molecule has 0 aliphatic carbocycles. The molecule has 0 radical (unpaired) electrons. The first-order valence-corrected chi connectivity index (χ1v) is 9.60. The zero-order valence-corrected chi connectivity index (χ0v) is 17.0. The van der Waals surface area contributed by atoms with Gasteiger partial charge in [0.2, 0.25) is 0 Å². The highest BCUT2D eigenvalue weighted by molar-refractivity contribution is 5.94. The molecule has 1 fully saturated rings. The highest BCUT2D eigenvalue weighted by atomic mass is 16.6. The van der Waals surface area contributed by atoms with Crippen LogP contribution in [-0.4, -0.2) is 42.3 Å². The van der Waals surface area contributed by atoms with E-state index in [1.807, 2.05) is 19.9 Å². The Kier molecular flexibility index (Phi) is 9.63. The van der Waals surface area contributed by atoms with Crippen molar-refractivity contribution in [1.82, 2.24) is 4.90 Å². The second-order valence-corrected chi connectivity index (χ2v) is 7.81. The molecular weight excluding hydrogens is 330 g/mol. The summed E-state index contributed by atoms with van der Waals surface area (Å²) in [4.78, 5) is 25.6. The lowest BCUT2D eigenvalue weighted by Crippen LogP contribution is -2.44. The number of rotatable bonds is 11. The van der Waals surface area contributed by atoms with Crippen LogP contribution in [0.25, 0.3) is 0 Å². The van der Waals surface area contributed by atoms with Crippen molar-refractivity contribution in [3.8, 4) is 0 Å². The largest absolute Gasteiger partial charge is 0.447 e. The summed E-state index contributed by atoms with van der Waals surface area (Å²) in [6.07, 6.45) is 7.14. The average Bonchev–Trinajstić information content (AvgIpc) is 2.94. The number of hydrogen-bond acceptors (Lipinski definition) is 4. The molecule has 1 saturated heterocycles. The molecule has 5 nitrogen and oxygen atoms in total. The van der Waals surface area contributed by atoms with E-state index in [9.17, 15) is 9.59 Å². The Morgan fingerprint density at radius 3 is 2.65 bits per heavy atom. The van der Waals surface area contributed by atoms with Crippen LogP contribution in [0.2, 0.25) is 0 Å². The van der Waals surface area contributed by atoms with Crippen molar-refractivity contribution >= 4 is 12.0 Å². The van der Waals surface area contributed by atoms with Crippen molar-refractivity contribution in [2.45, 2.75) is 72.4 Å². The zero-order valence-electron chi connectivity index (χ0n) is 17.0. The fourth-order valence-corrected chi connectivity index (χ4v) is 3.11. The smallest absolute Gasteiger partial charge is 0.417 e. The Morgan fingerprint density at radius 1 is 1.38 bits per heavy atom. The van der Waals surface area contributed by atoms with Gasteiger partial charge < -0.3 is 9.47 Å². The molecule has 26 heavy (non-hydrogen) atoms. The molecule has 148 valence electrons. The van der Waals surface area contributed by atoms with Gasteiger partial charge in [0, 0.05) is 0 Å². The average molecular weight is 366 g/mol. The van der Waals surface area contributed by atoms with Gasteiger partial charge in [0.1, 0.15) is 13.2 Å². The van der Waals surface area contributed by atoms with E-state index in [1.165, 1.54) is 10.5 Å². The molecule has 0 bridgehead atoms. The molecule has 0 aromatic carbocycles. The Bertz CT molecular complexity index is 508. The molecule has 1 rings (SSSR count). The van der Waals surface area contributed by atoms with Crippen molar-refractivity contribution in [3.63, 3.8) is 0 Å². The van der Waals surface area contributed by atoms with E-state index >= 15 is 0 Å². The highest BCUT2D eigenvalue weighted by Crippen LogP contribution is 2.21. The molecule has 1 heterocycles. The van der Waals surface area contributed by atoms with Gasteiger partial charge in [-0.05, 0) is 51.4 Å². The van der Waals surface area contributed by atoms with Crippen LogP contribution in [0.5, 0.6) is 0 Å². The van der Waals surface area contributed by atoms with Crippen molar-refractivity contribution in [1.29, 1.82) is 0 Å². The third kappa shape index (κ3) is 7.32. The van der Waals surface area contributed by atoms with Crippen LogP contribution in [-0.2, 0) is 14.3 Å². The first kappa shape index (κ1) is 22.4. The second-order valence-electron chi connectivity index (χ2n) is 7.81. The monoisotopic (exact) mass is 365 g/mol. The molecule has 2 amide bonds. The third-order valence-corrected chi connectivity index (χ3v) is 4.69. The third-order valence-electron chi connectivity index (χ3n) is 4.69. The maximum atomic E-state index is 12.5. The normalized spacial score (nSPS) is 19.2. The number of hydrogen-bond donors (Lipinski definition) is 0. The van der Waals surface area contributed by atoms with Crippen LogP contribution in [0, 0.1) is 11.8 Å². The number of carbonyl (C=O) groups is 2. The van der Waals surface area contributed by atoms with Crippen LogP contribution in [0.1, 0.15) is 60.3 Å². The summed E-state index contributed by atoms with van der Waals surface area (Å²) in [5.74, 6) is 0.327. The van der Waals surface area contributed by atoms with Gasteiger partial charge in [-0.15, -0.1) is 6.58 Å². The van der Waals surface area contributed by atoms with Crippen LogP contribution in [0.4, 0.5) is 4.79 Å². The van der Waals surface area contributed by atoms with E-state index in [2.05, 4.69) is 33.4 Å². The summed E-state index contributed by atoms with van der Waals surface area (Å²) >= 11 is 0. The maximum absolute atomic E-state index is 12.5. The lowest BCUT2D eigenvalue weighted by atomic mass is 9.96. The number of carbonyl (C=O) groups excluding carboxylic acids is 2. The predicted molar refractivity (Wildman–Crippen MR) is 104 cm³/mol. The first-order chi connectivity index (χ1) is 12.3. The minimum atomic E-state index is -0.562. The highest BCUT2D eigenvalue weighted by Gasteiger charge is 2.39. The fraction of sp³-hybridized carbons (Fsp3) is 0.714. The lowest BCUT2D eigenvalue weighted by molar-refractivity contribution is -0.137. The molecule has 0 unspecified atom stereocenters. The van der Waals surface area contributed by atoms with Crippen LogP contribution >= 0.6 is 0 Å². The summed E-state index contributed by atoms with van der Waals surface area (Å²) in [6.45, 7) is 14.3. The van der Waals surface area contributed by atoms with E-state index in [1.54, 1.807) is 0 Å². The van der Waals surface area contributed by atoms with Crippen molar-refractivity contribution < 1.29 is 19.1 Å². The van der Waals surface area contributed by atoms with Gasteiger partial charge in [-0.3, -0.25) is 4.79 Å². The van der Waals surface area contributed by atoms with Crippen molar-refractivity contribution in [2.75, 3.05) is 13.2 Å². The van der Waals surface area contributed by atoms with Gasteiger partial charge in [-0.2, -0.15) is 0 Å². The minimum Gasteiger partial charge on any atom is -0.447 e. The molecule has 0 aromatic rings. The van der Waals surface area contributed by atoms with E-state index < -0.39 is 6.09 Å². The summed E-state index contributed by atoms with van der Waals surface area (Å²) < 4.78 is 10.9. The Hall–Kier alpha value is -1.62. The van der Waals surface area contributed by atoms with Crippen LogP contribution in [0.3, 0.4) is 0 Å². The number of amides is 2. The molecule has 0 saturated carbocycles. The van der Waals surface area contributed by atoms with Gasteiger partial charge in [-0.1, -0.05) is 38.5 Å². The molecule has 3 atom stereocenters. The lowest BCUT2D eigenvalue weighted by Gasteiger charge is -2.24. The van der Waals surface area contributed by atoms with Gasteiger partial charge in [0.15, 0.2) is 0 Å². The second kappa shape index (κ2) is 11.2. The zero-order chi connectivity index (χ0) is 19.7. The van der Waals surface area contributed by atoms with E-state index in [-0.39, 0.29) is 37.2 Å². The molecule has 0 N–H and O–H groups in total.